The van der Waals surface area contributed by atoms with E-state index in [9.17, 15) is 13.2 Å². The average Bonchev–Trinajstić information content (AvgIpc) is 2.55. The number of nitrogens with zero attached hydrogens (tertiary/aromatic N) is 2. The molecule has 1 atom stereocenters. The third-order valence-corrected chi connectivity index (χ3v) is 6.07. The minimum absolute atomic E-state index is 0.0430. The van der Waals surface area contributed by atoms with Crippen LogP contribution in [0.4, 0.5) is 0 Å². The van der Waals surface area contributed by atoms with Crippen LogP contribution in [0.2, 0.25) is 0 Å². The number of sulfonamides is 1. The summed E-state index contributed by atoms with van der Waals surface area (Å²) in [6.45, 7) is 4.84. The first-order valence-corrected chi connectivity index (χ1v) is 9.98. The monoisotopic (exact) mass is 369 g/mol. The molecule has 140 valence electrons. The highest BCUT2D eigenvalue weighted by Crippen LogP contribution is 2.14. The summed E-state index contributed by atoms with van der Waals surface area (Å²) < 4.78 is 31.6. The van der Waals surface area contributed by atoms with E-state index in [1.807, 2.05) is 14.0 Å². The van der Waals surface area contributed by atoms with Crippen molar-refractivity contribution >= 4 is 15.9 Å². The van der Waals surface area contributed by atoms with Crippen LogP contribution in [0.1, 0.15) is 22.8 Å². The van der Waals surface area contributed by atoms with Crippen molar-refractivity contribution in [3.05, 3.63) is 35.4 Å². The third kappa shape index (κ3) is 5.78. The molecular weight excluding hydrogens is 342 g/mol. The second-order valence-corrected chi connectivity index (χ2v) is 8.45. The minimum Gasteiger partial charge on any atom is -0.383 e. The van der Waals surface area contributed by atoms with Gasteiger partial charge in [-0.3, -0.25) is 4.79 Å². The summed E-state index contributed by atoms with van der Waals surface area (Å²) in [7, 11) is 0.239. The highest BCUT2D eigenvalue weighted by Gasteiger charge is 2.25. The molecule has 2 rings (SSSR count). The second-order valence-electron chi connectivity index (χ2n) is 6.49. The summed E-state index contributed by atoms with van der Waals surface area (Å²) in [6.07, 6.45) is 0. The number of hydrogen-bond acceptors (Lipinski definition) is 5. The van der Waals surface area contributed by atoms with Crippen molar-refractivity contribution in [1.29, 1.82) is 0 Å². The van der Waals surface area contributed by atoms with Crippen LogP contribution in [-0.4, -0.2) is 76.5 Å². The fraction of sp³-hybridized carbons (Fsp3) is 0.588. The van der Waals surface area contributed by atoms with Crippen molar-refractivity contribution in [2.75, 3.05) is 46.9 Å². The molecule has 1 aliphatic heterocycles. The minimum atomic E-state index is -3.33. The van der Waals surface area contributed by atoms with Gasteiger partial charge in [0, 0.05) is 44.9 Å². The van der Waals surface area contributed by atoms with Crippen LogP contribution in [0.25, 0.3) is 0 Å². The van der Waals surface area contributed by atoms with Crippen LogP contribution in [0, 0.1) is 0 Å². The SMILES string of the molecule is COC[C@@H](C)NC(=O)c1ccc(CS(=O)(=O)N2CCN(C)CC2)cc1. The maximum absolute atomic E-state index is 12.5. The zero-order chi connectivity index (χ0) is 18.4. The summed E-state index contributed by atoms with van der Waals surface area (Å²) in [4.78, 5) is 14.2. The number of amides is 1. The zero-order valence-electron chi connectivity index (χ0n) is 15.1. The summed E-state index contributed by atoms with van der Waals surface area (Å²) >= 11 is 0. The largest absolute Gasteiger partial charge is 0.383 e. The molecule has 1 amide bonds. The van der Waals surface area contributed by atoms with Crippen molar-refractivity contribution in [2.24, 2.45) is 0 Å². The lowest BCUT2D eigenvalue weighted by Crippen LogP contribution is -2.47. The number of ether oxygens (including phenoxy) is 1. The van der Waals surface area contributed by atoms with E-state index in [0.29, 0.717) is 30.8 Å². The van der Waals surface area contributed by atoms with Gasteiger partial charge in [-0.15, -0.1) is 0 Å². The number of nitrogens with one attached hydrogen (secondary N) is 1. The van der Waals surface area contributed by atoms with Crippen LogP contribution < -0.4 is 5.32 Å². The smallest absolute Gasteiger partial charge is 0.251 e. The topological polar surface area (TPSA) is 78.9 Å². The molecule has 7 nitrogen and oxygen atoms in total. The van der Waals surface area contributed by atoms with Gasteiger partial charge in [0.15, 0.2) is 0 Å². The van der Waals surface area contributed by atoms with Crippen molar-refractivity contribution < 1.29 is 17.9 Å². The van der Waals surface area contributed by atoms with Crippen molar-refractivity contribution in [1.82, 2.24) is 14.5 Å². The van der Waals surface area contributed by atoms with E-state index < -0.39 is 10.0 Å². The van der Waals surface area contributed by atoms with E-state index in [0.717, 1.165) is 13.1 Å². The van der Waals surface area contributed by atoms with Crippen LogP contribution in [0.5, 0.6) is 0 Å². The molecule has 1 N–H and O–H groups in total. The number of rotatable bonds is 7. The number of hydrogen-bond donors (Lipinski definition) is 1. The molecule has 0 radical (unpaired) electrons. The molecule has 0 aromatic heterocycles. The zero-order valence-corrected chi connectivity index (χ0v) is 15.9. The average molecular weight is 369 g/mol. The van der Waals surface area contributed by atoms with Gasteiger partial charge >= 0.3 is 0 Å². The number of carbonyl (C=O) groups is 1. The Balaban J connectivity index is 1.96. The Morgan fingerprint density at radius 3 is 2.36 bits per heavy atom. The van der Waals surface area contributed by atoms with Crippen molar-refractivity contribution in [2.45, 2.75) is 18.7 Å². The molecule has 8 heteroatoms. The molecule has 25 heavy (non-hydrogen) atoms. The molecule has 1 saturated heterocycles. The molecule has 0 unspecified atom stereocenters. The van der Waals surface area contributed by atoms with Crippen molar-refractivity contribution in [3.8, 4) is 0 Å². The molecule has 1 fully saturated rings. The normalized spacial score (nSPS) is 18.0. The first kappa shape index (κ1) is 19.8. The van der Waals surface area contributed by atoms with E-state index in [4.69, 9.17) is 4.74 Å². The lowest BCUT2D eigenvalue weighted by atomic mass is 10.1. The standard InChI is InChI=1S/C17H27N3O4S/c1-14(12-24-3)18-17(21)16-6-4-15(5-7-16)13-25(22,23)20-10-8-19(2)9-11-20/h4-7,14H,8-13H2,1-3H3,(H,18,21)/t14-/m1/s1. The Bertz CT molecular complexity index is 668. The van der Waals surface area contributed by atoms with Gasteiger partial charge in [0.05, 0.1) is 12.4 Å². The van der Waals surface area contributed by atoms with Crippen LogP contribution in [-0.2, 0) is 20.5 Å². The molecule has 0 spiro atoms. The van der Waals surface area contributed by atoms with Gasteiger partial charge in [0.2, 0.25) is 10.0 Å². The van der Waals surface area contributed by atoms with Gasteiger partial charge in [0.25, 0.3) is 5.91 Å². The molecule has 1 aromatic rings. The highest BCUT2D eigenvalue weighted by atomic mass is 32.2. The Labute approximate surface area is 150 Å². The van der Waals surface area contributed by atoms with Crippen LogP contribution in [0.3, 0.4) is 0 Å². The van der Waals surface area contributed by atoms with E-state index in [1.54, 1.807) is 35.7 Å². The summed E-state index contributed by atoms with van der Waals surface area (Å²) in [5.41, 5.74) is 1.18. The predicted molar refractivity (Wildman–Crippen MR) is 96.9 cm³/mol. The first-order chi connectivity index (χ1) is 11.8. The Kier molecular flexibility index (Phi) is 6.95. The van der Waals surface area contributed by atoms with Gasteiger partial charge < -0.3 is 15.0 Å². The van der Waals surface area contributed by atoms with Gasteiger partial charge in [-0.1, -0.05) is 12.1 Å². The van der Waals surface area contributed by atoms with Gasteiger partial charge in [-0.25, -0.2) is 8.42 Å². The number of piperazine rings is 1. The fourth-order valence-electron chi connectivity index (χ4n) is 2.72. The van der Waals surface area contributed by atoms with E-state index in [2.05, 4.69) is 10.2 Å². The number of carbonyl (C=O) groups excluding carboxylic acids is 1. The maximum Gasteiger partial charge on any atom is 0.251 e. The lowest BCUT2D eigenvalue weighted by Gasteiger charge is -2.31. The lowest BCUT2D eigenvalue weighted by molar-refractivity contribution is 0.0905. The molecule has 0 aliphatic carbocycles. The molecule has 0 bridgehead atoms. The van der Waals surface area contributed by atoms with E-state index in [1.165, 1.54) is 0 Å². The van der Waals surface area contributed by atoms with Gasteiger partial charge in [0.1, 0.15) is 0 Å². The summed E-state index contributed by atoms with van der Waals surface area (Å²) in [6, 6.07) is 6.62. The second kappa shape index (κ2) is 8.75. The van der Waals surface area contributed by atoms with Crippen LogP contribution >= 0.6 is 0 Å². The quantitative estimate of drug-likeness (QED) is 0.758. The number of likely N-dealkylation sites (N-methyl/N-ethyl adjacent to an activating group) is 1. The fourth-order valence-corrected chi connectivity index (χ4v) is 4.24. The summed E-state index contributed by atoms with van der Waals surface area (Å²) in [5, 5.41) is 2.83. The van der Waals surface area contributed by atoms with E-state index >= 15 is 0 Å². The Morgan fingerprint density at radius 2 is 1.80 bits per heavy atom. The number of methoxy groups -OCH3 is 1. The summed E-state index contributed by atoms with van der Waals surface area (Å²) in [5.74, 6) is -0.239. The molecule has 1 aromatic carbocycles. The highest BCUT2D eigenvalue weighted by molar-refractivity contribution is 7.88. The maximum atomic E-state index is 12.5. The molecular formula is C17H27N3O4S. The molecule has 1 heterocycles. The van der Waals surface area contributed by atoms with Crippen molar-refractivity contribution in [3.63, 3.8) is 0 Å². The Morgan fingerprint density at radius 1 is 1.20 bits per heavy atom. The first-order valence-electron chi connectivity index (χ1n) is 8.37. The molecule has 0 saturated carbocycles. The predicted octanol–water partition coefficient (Wildman–Crippen LogP) is 0.529. The number of benzene rings is 1. The van der Waals surface area contributed by atoms with Gasteiger partial charge in [-0.05, 0) is 31.7 Å². The third-order valence-electron chi connectivity index (χ3n) is 4.21. The Hall–Kier alpha value is -1.48. The van der Waals surface area contributed by atoms with Gasteiger partial charge in [-0.2, -0.15) is 4.31 Å². The van der Waals surface area contributed by atoms with Crippen LogP contribution in [0.15, 0.2) is 24.3 Å². The van der Waals surface area contributed by atoms with E-state index in [-0.39, 0.29) is 17.7 Å². The molecule has 1 aliphatic rings.